The lowest BCUT2D eigenvalue weighted by atomic mass is 10.1. The van der Waals surface area contributed by atoms with Crippen molar-refractivity contribution in [1.29, 1.82) is 0 Å². The molecule has 0 radical (unpaired) electrons. The second-order valence-corrected chi connectivity index (χ2v) is 6.86. The molecule has 25 heavy (non-hydrogen) atoms. The molecule has 1 aromatic carbocycles. The Hall–Kier alpha value is -2.25. The largest absolute Gasteiger partial charge is 0.311 e. The number of aryl methyl sites for hydroxylation is 1. The van der Waals surface area contributed by atoms with Crippen LogP contribution in [-0.2, 0) is 20.1 Å². The van der Waals surface area contributed by atoms with Crippen molar-refractivity contribution in [3.05, 3.63) is 47.9 Å². The summed E-state index contributed by atoms with van der Waals surface area (Å²) in [6, 6.07) is 6.49. The maximum absolute atomic E-state index is 13.9. The molecule has 132 valence electrons. The van der Waals surface area contributed by atoms with Gasteiger partial charge in [-0.3, -0.25) is 14.7 Å². The van der Waals surface area contributed by atoms with Gasteiger partial charge in [-0.15, -0.1) is 0 Å². The van der Waals surface area contributed by atoms with E-state index < -0.39 is 6.17 Å². The predicted octanol–water partition coefficient (Wildman–Crippen LogP) is 2.00. The van der Waals surface area contributed by atoms with E-state index in [0.717, 1.165) is 36.1 Å². The van der Waals surface area contributed by atoms with Gasteiger partial charge in [-0.2, -0.15) is 10.2 Å². The second-order valence-electron chi connectivity index (χ2n) is 6.86. The molecule has 1 aliphatic rings. The number of H-pyrrole nitrogens is 1. The standard InChI is InChI=1S/C18H23FN6/c1-24-10-14(7-22-24)11-25-12-16(19)5-17(25)9-20-6-13-2-3-15-8-21-23-18(15)4-13/h2-4,7-8,10,16-17,20H,5-6,9,11-12H2,1H3,(H,21,23)/t16-,17-/m0/s1. The highest BCUT2D eigenvalue weighted by atomic mass is 19.1. The summed E-state index contributed by atoms with van der Waals surface area (Å²) >= 11 is 0. The fraction of sp³-hybridized carbons (Fsp3) is 0.444. The number of rotatable bonds is 6. The van der Waals surface area contributed by atoms with Gasteiger partial charge in [0.2, 0.25) is 0 Å². The van der Waals surface area contributed by atoms with Crippen molar-refractivity contribution < 1.29 is 4.39 Å². The van der Waals surface area contributed by atoms with Gasteiger partial charge in [-0.05, 0) is 18.1 Å². The highest BCUT2D eigenvalue weighted by Crippen LogP contribution is 2.22. The van der Waals surface area contributed by atoms with Gasteiger partial charge in [0, 0.05) is 56.4 Å². The number of likely N-dealkylation sites (tertiary alicyclic amines) is 1. The van der Waals surface area contributed by atoms with Gasteiger partial charge in [0.25, 0.3) is 0 Å². The fourth-order valence-corrected chi connectivity index (χ4v) is 3.59. The highest BCUT2D eigenvalue weighted by Gasteiger charge is 2.31. The molecule has 3 heterocycles. The Balaban J connectivity index is 1.33. The molecule has 0 saturated carbocycles. The van der Waals surface area contributed by atoms with Crippen LogP contribution in [-0.4, -0.2) is 50.2 Å². The number of hydrogen-bond donors (Lipinski definition) is 2. The van der Waals surface area contributed by atoms with Crippen LogP contribution in [0.4, 0.5) is 4.39 Å². The summed E-state index contributed by atoms with van der Waals surface area (Å²) in [6.45, 7) is 2.80. The quantitative estimate of drug-likeness (QED) is 0.719. The van der Waals surface area contributed by atoms with E-state index in [0.29, 0.717) is 13.0 Å². The minimum Gasteiger partial charge on any atom is -0.311 e. The average Bonchev–Trinajstić information content (AvgIpc) is 3.28. The van der Waals surface area contributed by atoms with Crippen LogP contribution in [0, 0.1) is 0 Å². The number of aromatic amines is 1. The first kappa shape index (κ1) is 16.2. The highest BCUT2D eigenvalue weighted by molar-refractivity contribution is 5.78. The van der Waals surface area contributed by atoms with Crippen LogP contribution in [0.5, 0.6) is 0 Å². The van der Waals surface area contributed by atoms with E-state index in [1.165, 1.54) is 5.56 Å². The smallest absolute Gasteiger partial charge is 0.114 e. The number of nitrogens with zero attached hydrogens (tertiary/aromatic N) is 4. The van der Waals surface area contributed by atoms with Gasteiger partial charge < -0.3 is 5.32 Å². The Bertz CT molecular complexity index is 841. The third-order valence-electron chi connectivity index (χ3n) is 4.84. The Morgan fingerprint density at radius 3 is 3.08 bits per heavy atom. The van der Waals surface area contributed by atoms with Gasteiger partial charge in [0.05, 0.1) is 17.9 Å². The van der Waals surface area contributed by atoms with E-state index in [9.17, 15) is 4.39 Å². The molecule has 1 saturated heterocycles. The second kappa shape index (κ2) is 6.93. The summed E-state index contributed by atoms with van der Waals surface area (Å²) in [5, 5.41) is 15.8. The topological polar surface area (TPSA) is 61.8 Å². The van der Waals surface area contributed by atoms with E-state index in [4.69, 9.17) is 0 Å². The molecule has 1 fully saturated rings. The maximum Gasteiger partial charge on any atom is 0.114 e. The van der Waals surface area contributed by atoms with Gasteiger partial charge >= 0.3 is 0 Å². The molecule has 1 aliphatic heterocycles. The minimum atomic E-state index is -0.746. The van der Waals surface area contributed by atoms with Crippen LogP contribution in [0.15, 0.2) is 36.8 Å². The van der Waals surface area contributed by atoms with Crippen molar-refractivity contribution in [2.24, 2.45) is 7.05 Å². The van der Waals surface area contributed by atoms with Crippen LogP contribution >= 0.6 is 0 Å². The lowest BCUT2D eigenvalue weighted by Crippen LogP contribution is -2.37. The first-order chi connectivity index (χ1) is 12.2. The molecular formula is C18H23FN6. The molecule has 3 aromatic rings. The molecule has 6 nitrogen and oxygen atoms in total. The molecule has 2 atom stereocenters. The number of hydrogen-bond acceptors (Lipinski definition) is 4. The van der Waals surface area contributed by atoms with E-state index in [1.54, 1.807) is 4.68 Å². The lowest BCUT2D eigenvalue weighted by molar-refractivity contribution is 0.230. The van der Waals surface area contributed by atoms with Crippen LogP contribution in [0.1, 0.15) is 17.5 Å². The summed E-state index contributed by atoms with van der Waals surface area (Å²) in [4.78, 5) is 2.22. The van der Waals surface area contributed by atoms with Crippen molar-refractivity contribution in [1.82, 2.24) is 30.2 Å². The number of nitrogens with one attached hydrogen (secondary N) is 2. The van der Waals surface area contributed by atoms with Crippen molar-refractivity contribution in [3.8, 4) is 0 Å². The Morgan fingerprint density at radius 1 is 1.32 bits per heavy atom. The van der Waals surface area contributed by atoms with Gasteiger partial charge in [0.15, 0.2) is 0 Å². The Kier molecular flexibility index (Phi) is 4.50. The van der Waals surface area contributed by atoms with E-state index in [-0.39, 0.29) is 6.04 Å². The summed E-state index contributed by atoms with van der Waals surface area (Å²) in [6.07, 6.45) is 5.52. The predicted molar refractivity (Wildman–Crippen MR) is 94.7 cm³/mol. The van der Waals surface area contributed by atoms with Gasteiger partial charge in [-0.25, -0.2) is 4.39 Å². The van der Waals surface area contributed by atoms with Crippen molar-refractivity contribution >= 4 is 10.9 Å². The molecule has 2 aromatic heterocycles. The van der Waals surface area contributed by atoms with E-state index in [2.05, 4.69) is 43.7 Å². The molecule has 0 bridgehead atoms. The molecular weight excluding hydrogens is 319 g/mol. The minimum absolute atomic E-state index is 0.214. The third-order valence-corrected chi connectivity index (χ3v) is 4.84. The SMILES string of the molecule is Cn1cc(CN2C[C@@H](F)C[C@H]2CNCc2ccc3cn[nH]c3c2)cn1. The van der Waals surface area contributed by atoms with Crippen LogP contribution < -0.4 is 5.32 Å². The summed E-state index contributed by atoms with van der Waals surface area (Å²) in [7, 11) is 1.90. The maximum atomic E-state index is 13.9. The summed E-state index contributed by atoms with van der Waals surface area (Å²) < 4.78 is 15.7. The molecule has 4 rings (SSSR count). The van der Waals surface area contributed by atoms with Crippen LogP contribution in [0.25, 0.3) is 10.9 Å². The normalized spacial score (nSPS) is 21.4. The average molecular weight is 342 g/mol. The molecule has 0 spiro atoms. The molecule has 7 heteroatoms. The van der Waals surface area contributed by atoms with Crippen molar-refractivity contribution in [2.75, 3.05) is 13.1 Å². The molecule has 0 amide bonds. The first-order valence-corrected chi connectivity index (χ1v) is 8.66. The van der Waals surface area contributed by atoms with Crippen LogP contribution in [0.3, 0.4) is 0 Å². The van der Waals surface area contributed by atoms with Crippen molar-refractivity contribution in [3.63, 3.8) is 0 Å². The zero-order chi connectivity index (χ0) is 17.2. The molecule has 0 aliphatic carbocycles. The fourth-order valence-electron chi connectivity index (χ4n) is 3.59. The van der Waals surface area contributed by atoms with E-state index in [1.807, 2.05) is 25.6 Å². The molecule has 2 N–H and O–H groups in total. The molecule has 0 unspecified atom stereocenters. The van der Waals surface area contributed by atoms with Crippen LogP contribution in [0.2, 0.25) is 0 Å². The van der Waals surface area contributed by atoms with Gasteiger partial charge in [-0.1, -0.05) is 12.1 Å². The zero-order valence-corrected chi connectivity index (χ0v) is 14.3. The third kappa shape index (κ3) is 3.72. The zero-order valence-electron chi connectivity index (χ0n) is 14.3. The summed E-state index contributed by atoms with van der Waals surface area (Å²) in [5.74, 6) is 0. The van der Waals surface area contributed by atoms with Crippen molar-refractivity contribution in [2.45, 2.75) is 31.7 Å². The lowest BCUT2D eigenvalue weighted by Gasteiger charge is -2.23. The number of halogens is 1. The summed E-state index contributed by atoms with van der Waals surface area (Å²) in [5.41, 5.74) is 3.37. The monoisotopic (exact) mass is 342 g/mol. The Morgan fingerprint density at radius 2 is 2.24 bits per heavy atom. The number of fused-ring (bicyclic) bond motifs is 1. The van der Waals surface area contributed by atoms with E-state index >= 15 is 0 Å². The number of aromatic nitrogens is 4. The Labute approximate surface area is 146 Å². The number of alkyl halides is 1. The number of benzene rings is 1. The first-order valence-electron chi connectivity index (χ1n) is 8.66. The van der Waals surface area contributed by atoms with Gasteiger partial charge in [0.1, 0.15) is 6.17 Å².